The summed E-state index contributed by atoms with van der Waals surface area (Å²) >= 11 is 5.83. The van der Waals surface area contributed by atoms with Gasteiger partial charge in [0.1, 0.15) is 0 Å². The molecule has 1 heterocycles. The van der Waals surface area contributed by atoms with E-state index in [0.717, 1.165) is 5.56 Å². The van der Waals surface area contributed by atoms with Gasteiger partial charge in [-0.1, -0.05) is 23.7 Å². The molecule has 0 aliphatic carbocycles. The second-order valence-electron chi connectivity index (χ2n) is 4.63. The van der Waals surface area contributed by atoms with Crippen molar-refractivity contribution in [2.45, 2.75) is 24.6 Å². The first-order valence-corrected chi connectivity index (χ1v) is 8.06. The molecule has 8 heteroatoms. The Morgan fingerprint density at radius 1 is 1.38 bits per heavy atom. The third-order valence-electron chi connectivity index (χ3n) is 3.38. The number of rotatable bonds is 5. The SMILES string of the molecule is CC(c1ccc(Cl)cc1)N(C)S(=O)(=O)c1[nH]ncc1CO. The number of benzene rings is 1. The van der Waals surface area contributed by atoms with Gasteiger partial charge in [0.25, 0.3) is 10.0 Å². The topological polar surface area (TPSA) is 86.3 Å². The van der Waals surface area contributed by atoms with Gasteiger partial charge in [0.2, 0.25) is 0 Å². The third kappa shape index (κ3) is 3.11. The first kappa shape index (κ1) is 16.0. The van der Waals surface area contributed by atoms with Crippen LogP contribution in [0.1, 0.15) is 24.1 Å². The number of sulfonamides is 1. The maximum Gasteiger partial charge on any atom is 0.260 e. The number of hydrogen-bond acceptors (Lipinski definition) is 4. The van der Waals surface area contributed by atoms with E-state index in [-0.39, 0.29) is 16.6 Å². The number of aromatic nitrogens is 2. The summed E-state index contributed by atoms with van der Waals surface area (Å²) in [5.41, 5.74) is 1.06. The molecule has 0 amide bonds. The van der Waals surface area contributed by atoms with E-state index >= 15 is 0 Å². The number of hydrogen-bond donors (Lipinski definition) is 2. The average molecular weight is 330 g/mol. The second-order valence-corrected chi connectivity index (χ2v) is 7.00. The monoisotopic (exact) mass is 329 g/mol. The molecular weight excluding hydrogens is 314 g/mol. The molecule has 2 rings (SSSR count). The Kier molecular flexibility index (Phi) is 4.67. The zero-order valence-electron chi connectivity index (χ0n) is 11.6. The predicted octanol–water partition coefficient (Wildman–Crippen LogP) is 1.94. The van der Waals surface area contributed by atoms with Gasteiger partial charge in [-0.15, -0.1) is 0 Å². The Morgan fingerprint density at radius 3 is 2.57 bits per heavy atom. The zero-order valence-corrected chi connectivity index (χ0v) is 13.2. The van der Waals surface area contributed by atoms with Crippen molar-refractivity contribution in [2.24, 2.45) is 0 Å². The summed E-state index contributed by atoms with van der Waals surface area (Å²) in [6, 6.07) is 6.59. The summed E-state index contributed by atoms with van der Waals surface area (Å²) in [4.78, 5) is 0. The fourth-order valence-corrected chi connectivity index (χ4v) is 3.51. The van der Waals surface area contributed by atoms with Gasteiger partial charge in [-0.2, -0.15) is 9.40 Å². The van der Waals surface area contributed by atoms with E-state index in [1.54, 1.807) is 31.2 Å². The minimum absolute atomic E-state index is 0.0895. The highest BCUT2D eigenvalue weighted by molar-refractivity contribution is 7.89. The molecule has 2 aromatic rings. The van der Waals surface area contributed by atoms with E-state index in [4.69, 9.17) is 11.6 Å². The standard InChI is InChI=1S/C13H16ClN3O3S/c1-9(10-3-5-12(14)6-4-10)17(2)21(19,20)13-11(8-18)7-15-16-13/h3-7,9,18H,8H2,1-2H3,(H,15,16). The highest BCUT2D eigenvalue weighted by Gasteiger charge is 2.29. The molecule has 0 saturated carbocycles. The predicted molar refractivity (Wildman–Crippen MR) is 79.3 cm³/mol. The fraction of sp³-hybridized carbons (Fsp3) is 0.308. The van der Waals surface area contributed by atoms with E-state index in [2.05, 4.69) is 10.2 Å². The van der Waals surface area contributed by atoms with Crippen LogP contribution < -0.4 is 0 Å². The van der Waals surface area contributed by atoms with Crippen molar-refractivity contribution in [3.8, 4) is 0 Å². The third-order valence-corrected chi connectivity index (χ3v) is 5.58. The second kappa shape index (κ2) is 6.15. The fourth-order valence-electron chi connectivity index (χ4n) is 1.94. The molecule has 114 valence electrons. The molecule has 0 fully saturated rings. The smallest absolute Gasteiger partial charge is 0.260 e. The van der Waals surface area contributed by atoms with Crippen molar-refractivity contribution in [2.75, 3.05) is 7.05 Å². The molecule has 0 bridgehead atoms. The van der Waals surface area contributed by atoms with E-state index in [1.807, 2.05) is 0 Å². The summed E-state index contributed by atoms with van der Waals surface area (Å²) in [6.07, 6.45) is 1.30. The molecule has 1 aromatic carbocycles. The van der Waals surface area contributed by atoms with Gasteiger partial charge < -0.3 is 5.11 Å². The number of H-pyrrole nitrogens is 1. The van der Waals surface area contributed by atoms with Gasteiger partial charge in [0, 0.05) is 23.7 Å². The van der Waals surface area contributed by atoms with Crippen molar-refractivity contribution in [3.63, 3.8) is 0 Å². The number of nitrogens with one attached hydrogen (secondary N) is 1. The number of nitrogens with zero attached hydrogens (tertiary/aromatic N) is 2. The molecule has 0 aliphatic rings. The van der Waals surface area contributed by atoms with E-state index in [0.29, 0.717) is 5.02 Å². The summed E-state index contributed by atoms with van der Waals surface area (Å²) in [7, 11) is -2.29. The van der Waals surface area contributed by atoms with Crippen LogP contribution in [0.3, 0.4) is 0 Å². The van der Waals surface area contributed by atoms with Gasteiger partial charge in [-0.25, -0.2) is 8.42 Å². The largest absolute Gasteiger partial charge is 0.392 e. The normalized spacial score (nSPS) is 13.6. The van der Waals surface area contributed by atoms with Crippen LogP contribution >= 0.6 is 11.6 Å². The lowest BCUT2D eigenvalue weighted by molar-refractivity contribution is 0.277. The van der Waals surface area contributed by atoms with Gasteiger partial charge >= 0.3 is 0 Å². The number of aliphatic hydroxyl groups excluding tert-OH is 1. The number of aromatic amines is 1. The van der Waals surface area contributed by atoms with Crippen molar-refractivity contribution in [1.82, 2.24) is 14.5 Å². The molecule has 21 heavy (non-hydrogen) atoms. The van der Waals surface area contributed by atoms with Crippen LogP contribution in [-0.4, -0.2) is 35.1 Å². The molecule has 0 spiro atoms. The number of aliphatic hydroxyl groups is 1. The first-order chi connectivity index (χ1) is 9.87. The Labute approximate surface area is 128 Å². The van der Waals surface area contributed by atoms with Gasteiger partial charge in [0.15, 0.2) is 5.03 Å². The van der Waals surface area contributed by atoms with Crippen LogP contribution in [0.25, 0.3) is 0 Å². The zero-order chi connectivity index (χ0) is 15.6. The Morgan fingerprint density at radius 2 is 2.00 bits per heavy atom. The molecule has 6 nitrogen and oxygen atoms in total. The molecule has 2 N–H and O–H groups in total. The minimum atomic E-state index is -3.77. The van der Waals surface area contributed by atoms with Crippen LogP contribution in [0.4, 0.5) is 0 Å². The van der Waals surface area contributed by atoms with Crippen LogP contribution in [0.5, 0.6) is 0 Å². The summed E-state index contributed by atoms with van der Waals surface area (Å²) in [5.74, 6) is 0. The van der Waals surface area contributed by atoms with Crippen LogP contribution in [0.2, 0.25) is 5.02 Å². The van der Waals surface area contributed by atoms with Crippen LogP contribution in [-0.2, 0) is 16.6 Å². The molecule has 1 aromatic heterocycles. The lowest BCUT2D eigenvalue weighted by Crippen LogP contribution is -2.30. The van der Waals surface area contributed by atoms with E-state index in [9.17, 15) is 13.5 Å². The van der Waals surface area contributed by atoms with Gasteiger partial charge in [-0.05, 0) is 24.6 Å². The first-order valence-electron chi connectivity index (χ1n) is 6.24. The highest BCUT2D eigenvalue weighted by Crippen LogP contribution is 2.27. The molecule has 1 unspecified atom stereocenters. The highest BCUT2D eigenvalue weighted by atomic mass is 35.5. The van der Waals surface area contributed by atoms with Gasteiger partial charge in [0.05, 0.1) is 12.8 Å². The maximum absolute atomic E-state index is 12.6. The van der Waals surface area contributed by atoms with E-state index < -0.39 is 16.6 Å². The summed E-state index contributed by atoms with van der Waals surface area (Å²) in [6.45, 7) is 1.38. The van der Waals surface area contributed by atoms with Crippen molar-refractivity contribution < 1.29 is 13.5 Å². The molecular formula is C13H16ClN3O3S. The van der Waals surface area contributed by atoms with Gasteiger partial charge in [-0.3, -0.25) is 5.10 Å². The Balaban J connectivity index is 2.34. The average Bonchev–Trinajstić information content (AvgIpc) is 2.95. The van der Waals surface area contributed by atoms with Crippen LogP contribution in [0, 0.1) is 0 Å². The van der Waals surface area contributed by atoms with Crippen molar-refractivity contribution >= 4 is 21.6 Å². The van der Waals surface area contributed by atoms with Crippen LogP contribution in [0.15, 0.2) is 35.5 Å². The Bertz CT molecular complexity index is 713. The minimum Gasteiger partial charge on any atom is -0.392 e. The maximum atomic E-state index is 12.6. The lowest BCUT2D eigenvalue weighted by atomic mass is 10.1. The molecule has 0 saturated heterocycles. The van der Waals surface area contributed by atoms with E-state index in [1.165, 1.54) is 17.5 Å². The summed E-state index contributed by atoms with van der Waals surface area (Å²) in [5, 5.41) is 15.8. The lowest BCUT2D eigenvalue weighted by Gasteiger charge is -2.24. The molecule has 0 aliphatic heterocycles. The quantitative estimate of drug-likeness (QED) is 0.877. The van der Waals surface area contributed by atoms with Crippen molar-refractivity contribution in [1.29, 1.82) is 0 Å². The summed E-state index contributed by atoms with van der Waals surface area (Å²) < 4.78 is 26.4. The number of halogens is 1. The molecule has 1 atom stereocenters. The van der Waals surface area contributed by atoms with Crippen molar-refractivity contribution in [3.05, 3.63) is 46.6 Å². The molecule has 0 radical (unpaired) electrons. The Hall–Kier alpha value is -1.41.